The molecule has 5 heteroatoms. The molecule has 0 aliphatic carbocycles. The topological polar surface area (TPSA) is 74.4 Å². The van der Waals surface area contributed by atoms with E-state index in [9.17, 15) is 0 Å². The Morgan fingerprint density at radius 2 is 2.17 bits per heavy atom. The van der Waals surface area contributed by atoms with Crippen LogP contribution in [-0.2, 0) is 6.54 Å². The Kier molecular flexibility index (Phi) is 6.64. The van der Waals surface area contributed by atoms with Gasteiger partial charge in [-0.3, -0.25) is 4.90 Å². The summed E-state index contributed by atoms with van der Waals surface area (Å²) < 4.78 is 0. The van der Waals surface area contributed by atoms with Crippen LogP contribution in [0.25, 0.3) is 0 Å². The largest absolute Gasteiger partial charge is 0.395 e. The zero-order chi connectivity index (χ0) is 13.4. The van der Waals surface area contributed by atoms with Gasteiger partial charge >= 0.3 is 0 Å². The van der Waals surface area contributed by atoms with Gasteiger partial charge in [0, 0.05) is 25.3 Å². The molecule has 0 spiro atoms. The Bertz CT molecular complexity index is 342. The molecule has 0 bridgehead atoms. The maximum atomic E-state index is 9.17. The summed E-state index contributed by atoms with van der Waals surface area (Å²) in [5.41, 5.74) is 3.70. The van der Waals surface area contributed by atoms with Crippen molar-refractivity contribution in [3.05, 3.63) is 23.9 Å². The lowest BCUT2D eigenvalue weighted by atomic mass is 10.1. The summed E-state index contributed by atoms with van der Waals surface area (Å²) in [5, 5.41) is 9.17. The zero-order valence-corrected chi connectivity index (χ0v) is 11.3. The van der Waals surface area contributed by atoms with Crippen molar-refractivity contribution in [1.29, 1.82) is 0 Å². The molecule has 4 N–H and O–H groups in total. The molecule has 1 aromatic rings. The predicted octanol–water partition coefficient (Wildman–Crippen LogP) is 1.35. The molecular weight excluding hydrogens is 228 g/mol. The van der Waals surface area contributed by atoms with Crippen molar-refractivity contribution in [3.8, 4) is 0 Å². The van der Waals surface area contributed by atoms with Crippen LogP contribution >= 0.6 is 0 Å². The first-order valence-corrected chi connectivity index (χ1v) is 6.51. The van der Waals surface area contributed by atoms with E-state index < -0.39 is 0 Å². The fourth-order valence-electron chi connectivity index (χ4n) is 2.21. The van der Waals surface area contributed by atoms with E-state index in [-0.39, 0.29) is 6.61 Å². The van der Waals surface area contributed by atoms with Crippen LogP contribution in [0.3, 0.4) is 0 Å². The molecule has 5 nitrogen and oxygen atoms in total. The zero-order valence-electron chi connectivity index (χ0n) is 11.3. The van der Waals surface area contributed by atoms with E-state index >= 15 is 0 Å². The van der Waals surface area contributed by atoms with E-state index in [1.54, 1.807) is 6.20 Å². The third-order valence-corrected chi connectivity index (χ3v) is 3.20. The Morgan fingerprint density at radius 3 is 2.72 bits per heavy atom. The van der Waals surface area contributed by atoms with Crippen molar-refractivity contribution in [3.63, 3.8) is 0 Å². The standard InChI is InChI=1S/C13H24N4O/c1-3-12(4-2)17(7-8-18)10-11-5-6-15-13(9-11)16-14/h5-6,9,12,18H,3-4,7-8,10,14H2,1-2H3,(H,15,16). The number of nitrogen functional groups attached to an aromatic ring is 1. The van der Waals surface area contributed by atoms with Crippen molar-refractivity contribution in [1.82, 2.24) is 9.88 Å². The van der Waals surface area contributed by atoms with Gasteiger partial charge in [0.15, 0.2) is 0 Å². The number of aromatic nitrogens is 1. The summed E-state index contributed by atoms with van der Waals surface area (Å²) in [6, 6.07) is 4.42. The normalized spacial score (nSPS) is 11.2. The fourth-order valence-corrected chi connectivity index (χ4v) is 2.21. The average Bonchev–Trinajstić information content (AvgIpc) is 2.40. The molecule has 0 aromatic carbocycles. The van der Waals surface area contributed by atoms with Gasteiger partial charge < -0.3 is 10.5 Å². The van der Waals surface area contributed by atoms with E-state index in [0.717, 1.165) is 24.9 Å². The number of hydrogen-bond acceptors (Lipinski definition) is 5. The molecule has 0 atom stereocenters. The number of pyridine rings is 1. The minimum Gasteiger partial charge on any atom is -0.395 e. The Balaban J connectivity index is 2.75. The number of nitrogens with two attached hydrogens (primary N) is 1. The average molecular weight is 252 g/mol. The lowest BCUT2D eigenvalue weighted by Gasteiger charge is -2.29. The first-order chi connectivity index (χ1) is 8.74. The predicted molar refractivity (Wildman–Crippen MR) is 73.9 cm³/mol. The summed E-state index contributed by atoms with van der Waals surface area (Å²) in [6.07, 6.45) is 3.92. The third kappa shape index (κ3) is 4.25. The van der Waals surface area contributed by atoms with E-state index in [0.29, 0.717) is 18.4 Å². The molecular formula is C13H24N4O. The quantitative estimate of drug-likeness (QED) is 0.481. The van der Waals surface area contributed by atoms with Crippen molar-refractivity contribution >= 4 is 5.82 Å². The third-order valence-electron chi connectivity index (χ3n) is 3.20. The molecule has 0 fully saturated rings. The highest BCUT2D eigenvalue weighted by Gasteiger charge is 2.14. The molecule has 0 saturated carbocycles. The lowest BCUT2D eigenvalue weighted by molar-refractivity contribution is 0.136. The molecule has 0 saturated heterocycles. The van der Waals surface area contributed by atoms with Crippen LogP contribution in [-0.4, -0.2) is 34.2 Å². The van der Waals surface area contributed by atoms with Crippen LogP contribution < -0.4 is 11.3 Å². The first-order valence-electron chi connectivity index (χ1n) is 6.51. The second-order valence-corrected chi connectivity index (χ2v) is 4.36. The minimum atomic E-state index is 0.184. The number of hydrogen-bond donors (Lipinski definition) is 3. The van der Waals surface area contributed by atoms with Crippen molar-refractivity contribution in [2.45, 2.75) is 39.3 Å². The molecule has 1 rings (SSSR count). The molecule has 18 heavy (non-hydrogen) atoms. The van der Waals surface area contributed by atoms with Gasteiger partial charge in [-0.15, -0.1) is 0 Å². The monoisotopic (exact) mass is 252 g/mol. The van der Waals surface area contributed by atoms with Crippen LogP contribution in [0.1, 0.15) is 32.3 Å². The van der Waals surface area contributed by atoms with Crippen molar-refractivity contribution in [2.24, 2.45) is 5.84 Å². The molecule has 102 valence electrons. The highest BCUT2D eigenvalue weighted by molar-refractivity contribution is 5.35. The molecule has 1 aromatic heterocycles. The maximum Gasteiger partial charge on any atom is 0.140 e. The number of aliphatic hydroxyl groups is 1. The van der Waals surface area contributed by atoms with Crippen molar-refractivity contribution in [2.75, 3.05) is 18.6 Å². The summed E-state index contributed by atoms with van der Waals surface area (Å²) >= 11 is 0. The number of aliphatic hydroxyl groups excluding tert-OH is 1. The van der Waals surface area contributed by atoms with E-state index in [4.69, 9.17) is 10.9 Å². The van der Waals surface area contributed by atoms with Gasteiger partial charge in [-0.1, -0.05) is 13.8 Å². The Labute approximate surface area is 109 Å². The molecule has 0 unspecified atom stereocenters. The van der Waals surface area contributed by atoms with E-state index in [2.05, 4.69) is 29.2 Å². The van der Waals surface area contributed by atoms with Gasteiger partial charge in [0.05, 0.1) is 6.61 Å². The van der Waals surface area contributed by atoms with Gasteiger partial charge in [-0.25, -0.2) is 10.8 Å². The smallest absolute Gasteiger partial charge is 0.140 e. The number of anilines is 1. The molecule has 0 aliphatic heterocycles. The molecule has 0 aliphatic rings. The summed E-state index contributed by atoms with van der Waals surface area (Å²) in [5.74, 6) is 6.02. The SMILES string of the molecule is CCC(CC)N(CCO)Cc1ccnc(NN)c1. The number of rotatable bonds is 8. The fraction of sp³-hybridized carbons (Fsp3) is 0.615. The summed E-state index contributed by atoms with van der Waals surface area (Å²) in [7, 11) is 0. The second-order valence-electron chi connectivity index (χ2n) is 4.36. The first kappa shape index (κ1) is 14.9. The van der Waals surface area contributed by atoms with E-state index in [1.165, 1.54) is 0 Å². The van der Waals surface area contributed by atoms with Gasteiger partial charge in [-0.2, -0.15) is 0 Å². The Morgan fingerprint density at radius 1 is 1.44 bits per heavy atom. The second kappa shape index (κ2) is 8.02. The van der Waals surface area contributed by atoms with Crippen LogP contribution in [0.5, 0.6) is 0 Å². The van der Waals surface area contributed by atoms with Gasteiger partial charge in [0.25, 0.3) is 0 Å². The van der Waals surface area contributed by atoms with Crippen LogP contribution in [0.15, 0.2) is 18.3 Å². The maximum absolute atomic E-state index is 9.17. The highest BCUT2D eigenvalue weighted by Crippen LogP contribution is 2.14. The molecule has 0 amide bonds. The number of nitrogens with zero attached hydrogens (tertiary/aromatic N) is 2. The summed E-state index contributed by atoms with van der Waals surface area (Å²) in [4.78, 5) is 6.39. The lowest BCUT2D eigenvalue weighted by Crippen LogP contribution is -2.36. The van der Waals surface area contributed by atoms with Crippen LogP contribution in [0, 0.1) is 0 Å². The minimum absolute atomic E-state index is 0.184. The number of hydrazine groups is 1. The summed E-state index contributed by atoms with van der Waals surface area (Å²) in [6.45, 7) is 6.05. The van der Waals surface area contributed by atoms with E-state index in [1.807, 2.05) is 12.1 Å². The van der Waals surface area contributed by atoms with Crippen molar-refractivity contribution < 1.29 is 5.11 Å². The van der Waals surface area contributed by atoms with Crippen LogP contribution in [0.4, 0.5) is 5.82 Å². The number of nitrogens with one attached hydrogen (secondary N) is 1. The van der Waals surface area contributed by atoms with Gasteiger partial charge in [-0.05, 0) is 30.5 Å². The van der Waals surface area contributed by atoms with Gasteiger partial charge in [0.2, 0.25) is 0 Å². The van der Waals surface area contributed by atoms with Gasteiger partial charge in [0.1, 0.15) is 5.82 Å². The Hall–Kier alpha value is -1.17. The highest BCUT2D eigenvalue weighted by atomic mass is 16.3. The van der Waals surface area contributed by atoms with Crippen LogP contribution in [0.2, 0.25) is 0 Å². The molecule has 0 radical (unpaired) electrons. The molecule has 1 heterocycles.